The van der Waals surface area contributed by atoms with Gasteiger partial charge in [-0.05, 0) is 24.8 Å². The lowest BCUT2D eigenvalue weighted by Gasteiger charge is -2.31. The molecule has 0 bridgehead atoms. The summed E-state index contributed by atoms with van der Waals surface area (Å²) in [6.45, 7) is 7.41. The molecule has 1 saturated heterocycles. The fourth-order valence-corrected chi connectivity index (χ4v) is 3.06. The average Bonchev–Trinajstić information content (AvgIpc) is 2.63. The molecule has 0 aliphatic carbocycles. The van der Waals surface area contributed by atoms with Gasteiger partial charge in [-0.25, -0.2) is 0 Å². The third kappa shape index (κ3) is 6.42. The molecule has 5 heteroatoms. The third-order valence-electron chi connectivity index (χ3n) is 4.65. The van der Waals surface area contributed by atoms with Crippen LogP contribution < -0.4 is 5.73 Å². The Morgan fingerprint density at radius 2 is 1.96 bits per heavy atom. The molecule has 5 nitrogen and oxygen atoms in total. The van der Waals surface area contributed by atoms with Gasteiger partial charge >= 0.3 is 5.97 Å². The maximum absolute atomic E-state index is 12.0. The Hall–Kier alpha value is -1.43. The van der Waals surface area contributed by atoms with Crippen LogP contribution in [0, 0.1) is 11.8 Å². The molecule has 25 heavy (non-hydrogen) atoms. The van der Waals surface area contributed by atoms with Gasteiger partial charge in [-0.3, -0.25) is 4.79 Å². The number of cyclic esters (lactones) is 1. The van der Waals surface area contributed by atoms with E-state index >= 15 is 0 Å². The van der Waals surface area contributed by atoms with E-state index in [1.54, 1.807) is 0 Å². The number of ether oxygens (including phenoxy) is 3. The van der Waals surface area contributed by atoms with Crippen LogP contribution in [0.15, 0.2) is 30.3 Å². The Balaban J connectivity index is 2.09. The fourth-order valence-electron chi connectivity index (χ4n) is 3.06. The number of hydrogen-bond donors (Lipinski definition) is 1. The Bertz CT molecular complexity index is 520. The quantitative estimate of drug-likeness (QED) is 0.800. The van der Waals surface area contributed by atoms with Crippen LogP contribution in [0.4, 0.5) is 0 Å². The van der Waals surface area contributed by atoms with Gasteiger partial charge in [-0.2, -0.15) is 0 Å². The lowest BCUT2D eigenvalue weighted by Crippen LogP contribution is -2.39. The highest BCUT2D eigenvalue weighted by molar-refractivity contribution is 5.75. The Morgan fingerprint density at radius 1 is 1.24 bits per heavy atom. The Labute approximate surface area is 150 Å². The second-order valence-electron chi connectivity index (χ2n) is 7.26. The van der Waals surface area contributed by atoms with E-state index in [2.05, 4.69) is 13.8 Å². The van der Waals surface area contributed by atoms with Gasteiger partial charge in [0.25, 0.3) is 0 Å². The van der Waals surface area contributed by atoms with Crippen molar-refractivity contribution >= 4 is 5.97 Å². The van der Waals surface area contributed by atoms with E-state index < -0.39 is 12.0 Å². The zero-order valence-electron chi connectivity index (χ0n) is 15.5. The first kappa shape index (κ1) is 19.9. The van der Waals surface area contributed by atoms with Crippen molar-refractivity contribution in [3.05, 3.63) is 35.9 Å². The van der Waals surface area contributed by atoms with E-state index in [1.165, 1.54) is 0 Å². The van der Waals surface area contributed by atoms with Gasteiger partial charge in [0, 0.05) is 5.92 Å². The van der Waals surface area contributed by atoms with Crippen molar-refractivity contribution in [2.75, 3.05) is 13.2 Å². The third-order valence-corrected chi connectivity index (χ3v) is 4.65. The number of nitrogens with two attached hydrogens (primary N) is 1. The smallest absolute Gasteiger partial charge is 0.325 e. The normalized spacial score (nSPS) is 28.1. The van der Waals surface area contributed by atoms with Crippen LogP contribution in [0.1, 0.15) is 39.2 Å². The molecule has 4 atom stereocenters. The lowest BCUT2D eigenvalue weighted by molar-refractivity contribution is -0.155. The van der Waals surface area contributed by atoms with Gasteiger partial charge < -0.3 is 19.9 Å². The van der Waals surface area contributed by atoms with Crippen LogP contribution in [-0.2, 0) is 25.6 Å². The molecule has 0 radical (unpaired) electrons. The molecular formula is C20H31NO4. The highest BCUT2D eigenvalue weighted by atomic mass is 16.6. The van der Waals surface area contributed by atoms with Crippen LogP contribution in [-0.4, -0.2) is 37.4 Å². The summed E-state index contributed by atoms with van der Waals surface area (Å²) in [5.74, 6) is 0.264. The molecule has 0 saturated carbocycles. The summed E-state index contributed by atoms with van der Waals surface area (Å²) < 4.78 is 17.4. The molecule has 1 aliphatic rings. The zero-order chi connectivity index (χ0) is 18.2. The number of benzene rings is 1. The fraction of sp³-hybridized carbons (Fsp3) is 0.650. The van der Waals surface area contributed by atoms with E-state index in [0.29, 0.717) is 19.1 Å². The number of carbonyl (C=O) groups excluding carboxylic acids is 1. The molecule has 1 aromatic carbocycles. The van der Waals surface area contributed by atoms with Crippen molar-refractivity contribution < 1.29 is 19.0 Å². The van der Waals surface area contributed by atoms with Crippen LogP contribution in [0.3, 0.4) is 0 Å². The van der Waals surface area contributed by atoms with Crippen molar-refractivity contribution in [2.24, 2.45) is 17.6 Å². The van der Waals surface area contributed by atoms with Gasteiger partial charge in [-0.1, -0.05) is 50.6 Å². The number of carbonyl (C=O) groups is 1. The molecule has 1 heterocycles. The minimum atomic E-state index is -0.735. The first-order valence-corrected chi connectivity index (χ1v) is 9.16. The van der Waals surface area contributed by atoms with Gasteiger partial charge in [-0.15, -0.1) is 0 Å². The number of hydrogen-bond acceptors (Lipinski definition) is 5. The van der Waals surface area contributed by atoms with Crippen LogP contribution in [0.2, 0.25) is 0 Å². The molecule has 1 aliphatic heterocycles. The molecule has 0 aromatic heterocycles. The van der Waals surface area contributed by atoms with Crippen LogP contribution in [0.25, 0.3) is 0 Å². The number of rotatable bonds is 6. The first-order chi connectivity index (χ1) is 12.0. The minimum Gasteiger partial charge on any atom is -0.461 e. The van der Waals surface area contributed by atoms with Gasteiger partial charge in [0.2, 0.25) is 0 Å². The summed E-state index contributed by atoms with van der Waals surface area (Å²) in [7, 11) is 0. The highest BCUT2D eigenvalue weighted by Gasteiger charge is 2.33. The Morgan fingerprint density at radius 3 is 2.64 bits per heavy atom. The van der Waals surface area contributed by atoms with E-state index in [1.807, 2.05) is 37.3 Å². The highest BCUT2D eigenvalue weighted by Crippen LogP contribution is 2.26. The van der Waals surface area contributed by atoms with Gasteiger partial charge in [0.15, 0.2) is 0 Å². The second kappa shape index (κ2) is 9.90. The summed E-state index contributed by atoms with van der Waals surface area (Å²) in [6.07, 6.45) is 1.58. The average molecular weight is 349 g/mol. The topological polar surface area (TPSA) is 70.8 Å². The van der Waals surface area contributed by atoms with Crippen molar-refractivity contribution in [3.63, 3.8) is 0 Å². The van der Waals surface area contributed by atoms with Crippen LogP contribution in [0.5, 0.6) is 0 Å². The molecule has 2 N–H and O–H groups in total. The molecule has 4 unspecified atom stereocenters. The van der Waals surface area contributed by atoms with Crippen molar-refractivity contribution in [1.29, 1.82) is 0 Å². The second-order valence-corrected chi connectivity index (χ2v) is 7.26. The standard InChI is InChI=1S/C20H31NO4/c1-14(2)9-10-17-15(3)25-20(22)18(21)12-23-13-19(17)24-11-16-7-5-4-6-8-16/h4-8,14-15,17-19H,9-13,21H2,1-3H3. The molecule has 1 fully saturated rings. The first-order valence-electron chi connectivity index (χ1n) is 9.16. The van der Waals surface area contributed by atoms with E-state index in [9.17, 15) is 4.79 Å². The Kier molecular flexibility index (Phi) is 7.88. The maximum Gasteiger partial charge on any atom is 0.325 e. The molecule has 0 amide bonds. The lowest BCUT2D eigenvalue weighted by atomic mass is 9.89. The predicted octanol–water partition coefficient (Wildman–Crippen LogP) is 2.91. The summed E-state index contributed by atoms with van der Waals surface area (Å²) in [5.41, 5.74) is 6.93. The monoisotopic (exact) mass is 349 g/mol. The zero-order valence-corrected chi connectivity index (χ0v) is 15.5. The SMILES string of the molecule is CC(C)CCC1C(C)OC(=O)C(N)COCC1OCc1ccccc1. The molecule has 1 aromatic rings. The molecule has 140 valence electrons. The number of esters is 1. The molecular weight excluding hydrogens is 318 g/mol. The van der Waals surface area contributed by atoms with Crippen molar-refractivity contribution in [1.82, 2.24) is 0 Å². The van der Waals surface area contributed by atoms with E-state index in [4.69, 9.17) is 19.9 Å². The van der Waals surface area contributed by atoms with Crippen LogP contribution >= 0.6 is 0 Å². The summed E-state index contributed by atoms with van der Waals surface area (Å²) in [4.78, 5) is 12.0. The van der Waals surface area contributed by atoms with Gasteiger partial charge in [0.1, 0.15) is 12.1 Å². The van der Waals surface area contributed by atoms with Gasteiger partial charge in [0.05, 0.1) is 25.9 Å². The van der Waals surface area contributed by atoms with Crippen molar-refractivity contribution in [3.8, 4) is 0 Å². The van der Waals surface area contributed by atoms with Crippen molar-refractivity contribution in [2.45, 2.75) is 58.5 Å². The molecule has 2 rings (SSSR count). The molecule has 0 spiro atoms. The van der Waals surface area contributed by atoms with E-state index in [-0.39, 0.29) is 24.7 Å². The minimum absolute atomic E-state index is 0.0837. The summed E-state index contributed by atoms with van der Waals surface area (Å²) in [6, 6.07) is 9.33. The maximum atomic E-state index is 12.0. The summed E-state index contributed by atoms with van der Waals surface area (Å²) >= 11 is 0. The largest absolute Gasteiger partial charge is 0.461 e. The predicted molar refractivity (Wildman–Crippen MR) is 96.9 cm³/mol. The van der Waals surface area contributed by atoms with E-state index in [0.717, 1.165) is 18.4 Å². The summed E-state index contributed by atoms with van der Waals surface area (Å²) in [5, 5.41) is 0.